The first-order valence-electron chi connectivity index (χ1n) is 3.91. The summed E-state index contributed by atoms with van der Waals surface area (Å²) in [5.74, 6) is 0.547. The average molecular weight is 191 g/mol. The fraction of sp³-hybridized carbons (Fsp3) is 0.111. The van der Waals surface area contributed by atoms with Gasteiger partial charge in [-0.3, -0.25) is 0 Å². The Morgan fingerprint density at radius 2 is 2.23 bits per heavy atom. The molecular formula is C9H9N3S. The molecule has 66 valence electrons. The minimum Gasteiger partial charge on any atom is -0.383 e. The number of aromatic nitrogens is 2. The van der Waals surface area contributed by atoms with Gasteiger partial charge in [-0.1, -0.05) is 0 Å². The van der Waals surface area contributed by atoms with E-state index in [1.807, 2.05) is 24.4 Å². The molecule has 0 aliphatic rings. The summed E-state index contributed by atoms with van der Waals surface area (Å²) in [6, 6.07) is 3.88. The summed E-state index contributed by atoms with van der Waals surface area (Å²) in [6.07, 6.45) is 1.71. The zero-order chi connectivity index (χ0) is 9.26. The molecule has 2 aromatic rings. The third kappa shape index (κ3) is 1.40. The minimum absolute atomic E-state index is 0.547. The summed E-state index contributed by atoms with van der Waals surface area (Å²) in [7, 11) is 0. The SMILES string of the molecule is Cc1ccnc(N)c1-c1ccsn1. The molecule has 0 saturated heterocycles. The Morgan fingerprint density at radius 3 is 2.85 bits per heavy atom. The summed E-state index contributed by atoms with van der Waals surface area (Å²) < 4.78 is 4.23. The molecule has 13 heavy (non-hydrogen) atoms. The van der Waals surface area contributed by atoms with Gasteiger partial charge in [0.05, 0.1) is 5.69 Å². The number of aryl methyl sites for hydroxylation is 1. The second-order valence-corrected chi connectivity index (χ2v) is 3.44. The van der Waals surface area contributed by atoms with E-state index in [2.05, 4.69) is 9.36 Å². The maximum atomic E-state index is 5.77. The van der Waals surface area contributed by atoms with Crippen LogP contribution in [0.15, 0.2) is 23.7 Å². The predicted molar refractivity (Wildman–Crippen MR) is 54.5 cm³/mol. The van der Waals surface area contributed by atoms with Gasteiger partial charge >= 0.3 is 0 Å². The van der Waals surface area contributed by atoms with E-state index in [1.54, 1.807) is 6.20 Å². The number of hydrogen-bond donors (Lipinski definition) is 1. The summed E-state index contributed by atoms with van der Waals surface area (Å²) in [4.78, 5) is 4.04. The van der Waals surface area contributed by atoms with Crippen molar-refractivity contribution in [2.24, 2.45) is 0 Å². The average Bonchev–Trinajstić information content (AvgIpc) is 2.57. The number of nitrogen functional groups attached to an aromatic ring is 1. The maximum Gasteiger partial charge on any atom is 0.133 e. The van der Waals surface area contributed by atoms with Crippen LogP contribution in [-0.4, -0.2) is 9.36 Å². The Labute approximate surface area is 80.4 Å². The van der Waals surface area contributed by atoms with Gasteiger partial charge in [-0.15, -0.1) is 0 Å². The van der Waals surface area contributed by atoms with Gasteiger partial charge in [0, 0.05) is 17.1 Å². The molecule has 0 saturated carbocycles. The molecule has 2 heterocycles. The lowest BCUT2D eigenvalue weighted by Gasteiger charge is -2.04. The third-order valence-electron chi connectivity index (χ3n) is 1.88. The van der Waals surface area contributed by atoms with Gasteiger partial charge in [0.25, 0.3) is 0 Å². The van der Waals surface area contributed by atoms with Gasteiger partial charge in [-0.05, 0) is 36.2 Å². The van der Waals surface area contributed by atoms with E-state index in [9.17, 15) is 0 Å². The number of anilines is 1. The van der Waals surface area contributed by atoms with Crippen LogP contribution in [0.4, 0.5) is 5.82 Å². The highest BCUT2D eigenvalue weighted by molar-refractivity contribution is 7.03. The first-order chi connectivity index (χ1) is 6.29. The molecule has 0 spiro atoms. The van der Waals surface area contributed by atoms with Crippen molar-refractivity contribution in [3.63, 3.8) is 0 Å². The second kappa shape index (κ2) is 3.14. The number of rotatable bonds is 1. The van der Waals surface area contributed by atoms with E-state index in [-0.39, 0.29) is 0 Å². The monoisotopic (exact) mass is 191 g/mol. The Bertz CT molecular complexity index is 389. The lowest BCUT2D eigenvalue weighted by molar-refractivity contribution is 1.28. The molecule has 0 fully saturated rings. The molecule has 0 aromatic carbocycles. The number of nitrogens with zero attached hydrogens (tertiary/aromatic N) is 2. The highest BCUT2D eigenvalue weighted by Crippen LogP contribution is 2.26. The molecule has 0 radical (unpaired) electrons. The molecule has 0 unspecified atom stereocenters. The molecular weight excluding hydrogens is 182 g/mol. The fourth-order valence-electron chi connectivity index (χ4n) is 1.25. The van der Waals surface area contributed by atoms with Crippen molar-refractivity contribution in [3.8, 4) is 11.3 Å². The van der Waals surface area contributed by atoms with Gasteiger partial charge in [0.1, 0.15) is 5.82 Å². The van der Waals surface area contributed by atoms with E-state index in [0.29, 0.717) is 5.82 Å². The molecule has 0 amide bonds. The third-order valence-corrected chi connectivity index (χ3v) is 2.44. The first-order valence-corrected chi connectivity index (χ1v) is 4.74. The van der Waals surface area contributed by atoms with Crippen LogP contribution in [0.2, 0.25) is 0 Å². The molecule has 0 bridgehead atoms. The van der Waals surface area contributed by atoms with E-state index < -0.39 is 0 Å². The highest BCUT2D eigenvalue weighted by Gasteiger charge is 2.07. The lowest BCUT2D eigenvalue weighted by atomic mass is 10.1. The van der Waals surface area contributed by atoms with Crippen LogP contribution in [0.1, 0.15) is 5.56 Å². The molecule has 0 aliphatic heterocycles. The number of hydrogen-bond acceptors (Lipinski definition) is 4. The Kier molecular flexibility index (Phi) is 1.98. The molecule has 2 N–H and O–H groups in total. The van der Waals surface area contributed by atoms with Crippen LogP contribution in [0.3, 0.4) is 0 Å². The topological polar surface area (TPSA) is 51.8 Å². The molecule has 2 rings (SSSR count). The number of nitrogens with two attached hydrogens (primary N) is 1. The standard InChI is InChI=1S/C9H9N3S/c1-6-2-4-11-9(10)8(6)7-3-5-13-12-7/h2-5H,1H3,(H2,10,11). The summed E-state index contributed by atoms with van der Waals surface area (Å²) >= 11 is 1.42. The van der Waals surface area contributed by atoms with Crippen LogP contribution in [-0.2, 0) is 0 Å². The van der Waals surface area contributed by atoms with Crippen LogP contribution in [0.5, 0.6) is 0 Å². The van der Waals surface area contributed by atoms with Gasteiger partial charge in [0.15, 0.2) is 0 Å². The smallest absolute Gasteiger partial charge is 0.133 e. The van der Waals surface area contributed by atoms with Crippen molar-refractivity contribution in [3.05, 3.63) is 29.3 Å². The number of pyridine rings is 1. The van der Waals surface area contributed by atoms with Gasteiger partial charge in [-0.2, -0.15) is 4.37 Å². The van der Waals surface area contributed by atoms with Crippen LogP contribution in [0.25, 0.3) is 11.3 Å². The Balaban J connectivity index is 2.64. The van der Waals surface area contributed by atoms with E-state index >= 15 is 0 Å². The Hall–Kier alpha value is -1.42. The molecule has 0 atom stereocenters. The van der Waals surface area contributed by atoms with E-state index in [1.165, 1.54) is 11.5 Å². The molecule has 4 heteroatoms. The quantitative estimate of drug-likeness (QED) is 0.751. The predicted octanol–water partition coefficient (Wildman–Crippen LogP) is 2.10. The van der Waals surface area contributed by atoms with Crippen molar-refractivity contribution in [2.75, 3.05) is 5.73 Å². The molecule has 3 nitrogen and oxygen atoms in total. The highest BCUT2D eigenvalue weighted by atomic mass is 32.1. The van der Waals surface area contributed by atoms with Crippen LogP contribution in [0, 0.1) is 6.92 Å². The van der Waals surface area contributed by atoms with Crippen molar-refractivity contribution in [2.45, 2.75) is 6.92 Å². The van der Waals surface area contributed by atoms with Gasteiger partial charge in [-0.25, -0.2) is 4.98 Å². The fourth-order valence-corrected chi connectivity index (χ4v) is 1.77. The molecule has 2 aromatic heterocycles. The summed E-state index contributed by atoms with van der Waals surface area (Å²) in [5.41, 5.74) is 8.73. The first kappa shape index (κ1) is 8.19. The van der Waals surface area contributed by atoms with E-state index in [0.717, 1.165) is 16.8 Å². The van der Waals surface area contributed by atoms with Crippen molar-refractivity contribution in [1.82, 2.24) is 9.36 Å². The zero-order valence-electron chi connectivity index (χ0n) is 7.19. The van der Waals surface area contributed by atoms with Crippen molar-refractivity contribution >= 4 is 17.4 Å². The lowest BCUT2D eigenvalue weighted by Crippen LogP contribution is -1.95. The van der Waals surface area contributed by atoms with Crippen LogP contribution >= 0.6 is 11.5 Å². The van der Waals surface area contributed by atoms with Crippen molar-refractivity contribution < 1.29 is 0 Å². The zero-order valence-corrected chi connectivity index (χ0v) is 8.01. The summed E-state index contributed by atoms with van der Waals surface area (Å²) in [6.45, 7) is 2.01. The second-order valence-electron chi connectivity index (χ2n) is 2.77. The minimum atomic E-state index is 0.547. The molecule has 0 aliphatic carbocycles. The van der Waals surface area contributed by atoms with Crippen LogP contribution < -0.4 is 5.73 Å². The largest absolute Gasteiger partial charge is 0.383 e. The van der Waals surface area contributed by atoms with E-state index in [4.69, 9.17) is 5.73 Å². The maximum absolute atomic E-state index is 5.77. The normalized spacial score (nSPS) is 10.2. The summed E-state index contributed by atoms with van der Waals surface area (Å²) in [5, 5.41) is 1.93. The van der Waals surface area contributed by atoms with Gasteiger partial charge in [0.2, 0.25) is 0 Å². The van der Waals surface area contributed by atoms with Gasteiger partial charge < -0.3 is 5.73 Å². The van der Waals surface area contributed by atoms with Crippen molar-refractivity contribution in [1.29, 1.82) is 0 Å². The Morgan fingerprint density at radius 1 is 1.38 bits per heavy atom.